The third-order valence-corrected chi connectivity index (χ3v) is 6.56. The van der Waals surface area contributed by atoms with Crippen LogP contribution in [0.1, 0.15) is 29.6 Å². The molecule has 1 aliphatic heterocycles. The second-order valence-electron chi connectivity index (χ2n) is 8.21. The fraction of sp³-hybridized carbons (Fsp3) is 0.143. The number of hydrogen-bond acceptors (Lipinski definition) is 2. The Bertz CT molecular complexity index is 1330. The lowest BCUT2D eigenvalue weighted by Gasteiger charge is -2.35. The monoisotopic (exact) mass is 404 g/mol. The Kier molecular flexibility index (Phi) is 4.20. The summed E-state index contributed by atoms with van der Waals surface area (Å²) < 4.78 is 7.91. The summed E-state index contributed by atoms with van der Waals surface area (Å²) in [6, 6.07) is 35.2. The number of benzene rings is 4. The van der Waals surface area contributed by atoms with Crippen molar-refractivity contribution in [2.75, 3.05) is 12.4 Å². The Labute approximate surface area is 181 Å². The van der Waals surface area contributed by atoms with Crippen LogP contribution >= 0.6 is 0 Å². The van der Waals surface area contributed by atoms with Crippen molar-refractivity contribution in [2.24, 2.45) is 0 Å². The number of para-hydroxylation sites is 3. The molecule has 2 heterocycles. The summed E-state index contributed by atoms with van der Waals surface area (Å²) in [5.41, 5.74) is 6.42. The Morgan fingerprint density at radius 2 is 1.35 bits per heavy atom. The number of methoxy groups -OCH3 is 1. The Morgan fingerprint density at radius 3 is 2.03 bits per heavy atom. The fourth-order valence-corrected chi connectivity index (χ4v) is 5.10. The number of nitrogens with one attached hydrogen (secondary N) is 1. The zero-order valence-electron chi connectivity index (χ0n) is 17.5. The Balaban J connectivity index is 1.55. The first-order chi connectivity index (χ1) is 15.3. The van der Waals surface area contributed by atoms with Gasteiger partial charge in [-0.25, -0.2) is 0 Å². The summed E-state index contributed by atoms with van der Waals surface area (Å²) in [6.07, 6.45) is 0.978. The van der Waals surface area contributed by atoms with Gasteiger partial charge < -0.3 is 14.6 Å². The van der Waals surface area contributed by atoms with Crippen LogP contribution in [0.25, 0.3) is 21.8 Å². The van der Waals surface area contributed by atoms with E-state index in [0.29, 0.717) is 0 Å². The summed E-state index contributed by atoms with van der Waals surface area (Å²) in [5.74, 6) is 0.888. The number of rotatable bonds is 3. The van der Waals surface area contributed by atoms with Gasteiger partial charge in [0, 0.05) is 27.5 Å². The van der Waals surface area contributed by atoms with E-state index in [1.54, 1.807) is 7.11 Å². The van der Waals surface area contributed by atoms with Gasteiger partial charge >= 0.3 is 0 Å². The van der Waals surface area contributed by atoms with Gasteiger partial charge in [-0.05, 0) is 47.9 Å². The van der Waals surface area contributed by atoms with Crippen LogP contribution in [0.4, 0.5) is 5.69 Å². The molecule has 1 aromatic heterocycles. The first-order valence-corrected chi connectivity index (χ1v) is 10.8. The minimum atomic E-state index is 0.228. The first-order valence-electron chi connectivity index (χ1n) is 10.8. The maximum atomic E-state index is 5.36. The lowest BCUT2D eigenvalue weighted by Crippen LogP contribution is -2.25. The molecule has 1 N–H and O–H groups in total. The highest BCUT2D eigenvalue weighted by atomic mass is 16.5. The molecule has 0 bridgehead atoms. The maximum absolute atomic E-state index is 5.36. The molecule has 0 aliphatic carbocycles. The van der Waals surface area contributed by atoms with Crippen LogP contribution in [0.2, 0.25) is 0 Å². The number of nitrogens with zero attached hydrogens (tertiary/aromatic N) is 1. The van der Waals surface area contributed by atoms with E-state index < -0.39 is 0 Å². The predicted octanol–water partition coefficient (Wildman–Crippen LogP) is 6.95. The average molecular weight is 405 g/mol. The molecule has 6 rings (SSSR count). The van der Waals surface area contributed by atoms with Crippen molar-refractivity contribution in [1.82, 2.24) is 4.57 Å². The van der Waals surface area contributed by atoms with E-state index in [4.69, 9.17) is 4.74 Å². The van der Waals surface area contributed by atoms with E-state index in [1.165, 1.54) is 38.6 Å². The molecule has 3 nitrogen and oxygen atoms in total. The third-order valence-electron chi connectivity index (χ3n) is 6.56. The van der Waals surface area contributed by atoms with Crippen LogP contribution in [-0.2, 0) is 0 Å². The van der Waals surface area contributed by atoms with E-state index in [2.05, 4.69) is 94.8 Å². The van der Waals surface area contributed by atoms with E-state index in [-0.39, 0.29) is 12.1 Å². The summed E-state index contributed by atoms with van der Waals surface area (Å²) in [6.45, 7) is 0. The molecule has 0 fully saturated rings. The van der Waals surface area contributed by atoms with Crippen molar-refractivity contribution in [3.63, 3.8) is 0 Å². The molecule has 31 heavy (non-hydrogen) atoms. The van der Waals surface area contributed by atoms with E-state index >= 15 is 0 Å². The third kappa shape index (κ3) is 2.89. The van der Waals surface area contributed by atoms with Gasteiger partial charge in [0.15, 0.2) is 0 Å². The van der Waals surface area contributed by atoms with Gasteiger partial charge in [-0.15, -0.1) is 0 Å². The van der Waals surface area contributed by atoms with Crippen LogP contribution in [0, 0.1) is 0 Å². The topological polar surface area (TPSA) is 26.2 Å². The van der Waals surface area contributed by atoms with Gasteiger partial charge in [0.1, 0.15) is 5.75 Å². The molecule has 2 atom stereocenters. The number of hydrogen-bond donors (Lipinski definition) is 1. The van der Waals surface area contributed by atoms with Gasteiger partial charge in [0.05, 0.1) is 19.2 Å². The second-order valence-corrected chi connectivity index (χ2v) is 8.21. The predicted molar refractivity (Wildman–Crippen MR) is 128 cm³/mol. The normalized spacial score (nSPS) is 18.0. The van der Waals surface area contributed by atoms with Crippen molar-refractivity contribution in [1.29, 1.82) is 0 Å². The molecular weight excluding hydrogens is 380 g/mol. The van der Waals surface area contributed by atoms with Crippen molar-refractivity contribution >= 4 is 27.5 Å². The molecule has 0 saturated heterocycles. The largest absolute Gasteiger partial charge is 0.497 e. The highest BCUT2D eigenvalue weighted by Crippen LogP contribution is 2.44. The van der Waals surface area contributed by atoms with Gasteiger partial charge in [-0.3, -0.25) is 0 Å². The smallest absolute Gasteiger partial charge is 0.118 e. The van der Waals surface area contributed by atoms with Crippen LogP contribution in [0.15, 0.2) is 97.1 Å². The van der Waals surface area contributed by atoms with Gasteiger partial charge in [-0.2, -0.15) is 0 Å². The number of anilines is 1. The second kappa shape index (κ2) is 7.21. The van der Waals surface area contributed by atoms with Gasteiger partial charge in [0.25, 0.3) is 0 Å². The average Bonchev–Trinajstić information content (AvgIpc) is 3.18. The molecule has 152 valence electrons. The SMILES string of the molecule is COc1ccc([C@@H]2C[C@H](n3c4ccccc4c4ccccc43)c3ccccc3N2)cc1. The van der Waals surface area contributed by atoms with Crippen LogP contribution in [0.5, 0.6) is 5.75 Å². The van der Waals surface area contributed by atoms with Crippen molar-refractivity contribution in [3.05, 3.63) is 108 Å². The number of aromatic nitrogens is 1. The molecule has 1 aliphatic rings. The molecular formula is C28H24N2O. The van der Waals surface area contributed by atoms with Crippen molar-refractivity contribution in [3.8, 4) is 5.75 Å². The summed E-state index contributed by atoms with van der Waals surface area (Å²) >= 11 is 0. The molecule has 3 heteroatoms. The lowest BCUT2D eigenvalue weighted by molar-refractivity contribution is 0.414. The number of ether oxygens (including phenoxy) is 1. The zero-order chi connectivity index (χ0) is 20.8. The summed E-state index contributed by atoms with van der Waals surface area (Å²) in [4.78, 5) is 0. The van der Waals surface area contributed by atoms with E-state index in [9.17, 15) is 0 Å². The fourth-order valence-electron chi connectivity index (χ4n) is 5.10. The van der Waals surface area contributed by atoms with Crippen molar-refractivity contribution < 1.29 is 4.74 Å². The zero-order valence-corrected chi connectivity index (χ0v) is 17.5. The Morgan fingerprint density at radius 1 is 0.742 bits per heavy atom. The lowest BCUT2D eigenvalue weighted by atomic mass is 9.89. The molecule has 0 radical (unpaired) electrons. The van der Waals surface area contributed by atoms with Gasteiger partial charge in [0.2, 0.25) is 0 Å². The van der Waals surface area contributed by atoms with E-state index in [1.807, 2.05) is 12.1 Å². The highest BCUT2D eigenvalue weighted by Gasteiger charge is 2.30. The minimum Gasteiger partial charge on any atom is -0.497 e. The highest BCUT2D eigenvalue weighted by molar-refractivity contribution is 6.08. The van der Waals surface area contributed by atoms with Crippen LogP contribution in [-0.4, -0.2) is 11.7 Å². The van der Waals surface area contributed by atoms with Gasteiger partial charge in [-0.1, -0.05) is 66.7 Å². The molecule has 5 aromatic rings. The molecule has 0 unspecified atom stereocenters. The molecule has 0 spiro atoms. The first kappa shape index (κ1) is 18.1. The molecule has 0 saturated carbocycles. The minimum absolute atomic E-state index is 0.228. The quantitative estimate of drug-likeness (QED) is 0.352. The molecule has 0 amide bonds. The van der Waals surface area contributed by atoms with Crippen LogP contribution in [0.3, 0.4) is 0 Å². The van der Waals surface area contributed by atoms with Crippen molar-refractivity contribution in [2.45, 2.75) is 18.5 Å². The summed E-state index contributed by atoms with van der Waals surface area (Å²) in [5, 5.41) is 6.41. The number of fused-ring (bicyclic) bond motifs is 4. The van der Waals surface area contributed by atoms with E-state index in [0.717, 1.165) is 12.2 Å². The van der Waals surface area contributed by atoms with Crippen LogP contribution < -0.4 is 10.1 Å². The Hall–Kier alpha value is -3.72. The standard InChI is InChI=1S/C28H24N2O/c1-31-20-16-14-19(15-17-20)25-18-28(23-10-2-5-11-24(23)29-25)30-26-12-6-3-8-21(26)22-9-4-7-13-27(22)30/h2-17,25,28-29H,18H2,1H3/t25-,28-/m0/s1. The molecule has 4 aromatic carbocycles. The maximum Gasteiger partial charge on any atom is 0.118 e. The summed E-state index contributed by atoms with van der Waals surface area (Å²) in [7, 11) is 1.71.